The van der Waals surface area contributed by atoms with Crippen LogP contribution in [0.2, 0.25) is 0 Å². The van der Waals surface area contributed by atoms with Crippen LogP contribution in [-0.2, 0) is 6.18 Å². The van der Waals surface area contributed by atoms with Crippen molar-refractivity contribution in [2.75, 3.05) is 30.0 Å². The molecule has 1 aromatic rings. The van der Waals surface area contributed by atoms with E-state index in [0.717, 1.165) is 11.8 Å². The summed E-state index contributed by atoms with van der Waals surface area (Å²) in [5.41, 5.74) is -0.516. The minimum atomic E-state index is -4.33. The van der Waals surface area contributed by atoms with Crippen molar-refractivity contribution in [2.24, 2.45) is 0 Å². The predicted octanol–water partition coefficient (Wildman–Crippen LogP) is 3.23. The third-order valence-electron chi connectivity index (χ3n) is 2.24. The highest BCUT2D eigenvalue weighted by atomic mass is 32.2. The van der Waals surface area contributed by atoms with Gasteiger partial charge in [-0.2, -0.15) is 24.9 Å². The monoisotopic (exact) mass is 279 g/mol. The Morgan fingerprint density at radius 3 is 2.56 bits per heavy atom. The summed E-state index contributed by atoms with van der Waals surface area (Å²) in [6.07, 6.45) is -3.61. The number of aliphatic hydroxyl groups excluding tert-OH is 1. The number of hydrogen-bond donors (Lipinski definition) is 2. The van der Waals surface area contributed by atoms with Crippen LogP contribution in [-0.4, -0.2) is 29.8 Å². The molecule has 1 aromatic carbocycles. The summed E-state index contributed by atoms with van der Waals surface area (Å²) in [5, 5.41) is 11.4. The van der Waals surface area contributed by atoms with Crippen molar-refractivity contribution < 1.29 is 18.3 Å². The second-order valence-electron chi connectivity index (χ2n) is 3.66. The lowest BCUT2D eigenvalue weighted by Gasteiger charge is -2.14. The molecule has 0 bridgehead atoms. The van der Waals surface area contributed by atoms with Gasteiger partial charge < -0.3 is 10.4 Å². The molecule has 0 spiro atoms. The summed E-state index contributed by atoms with van der Waals surface area (Å²) in [4.78, 5) is 0. The molecule has 1 rings (SSSR count). The van der Waals surface area contributed by atoms with Gasteiger partial charge >= 0.3 is 6.18 Å². The first-order valence-electron chi connectivity index (χ1n) is 5.64. The van der Waals surface area contributed by atoms with Crippen LogP contribution in [0.15, 0.2) is 24.3 Å². The van der Waals surface area contributed by atoms with Gasteiger partial charge in [-0.1, -0.05) is 12.1 Å². The van der Waals surface area contributed by atoms with Crippen molar-refractivity contribution in [3.05, 3.63) is 29.8 Å². The van der Waals surface area contributed by atoms with E-state index in [4.69, 9.17) is 5.11 Å². The van der Waals surface area contributed by atoms with E-state index in [0.29, 0.717) is 18.7 Å². The average molecular weight is 279 g/mol. The maximum Gasteiger partial charge on any atom is 0.418 e. The number of nitrogens with one attached hydrogen (secondary N) is 1. The van der Waals surface area contributed by atoms with Gasteiger partial charge in [0.1, 0.15) is 0 Å². The van der Waals surface area contributed by atoms with Crippen LogP contribution >= 0.6 is 11.8 Å². The van der Waals surface area contributed by atoms with Crippen LogP contribution in [0.1, 0.15) is 12.0 Å². The van der Waals surface area contributed by atoms with E-state index < -0.39 is 11.7 Å². The fourth-order valence-corrected chi connectivity index (χ4v) is 2.19. The van der Waals surface area contributed by atoms with Crippen molar-refractivity contribution in [1.29, 1.82) is 0 Å². The summed E-state index contributed by atoms with van der Waals surface area (Å²) < 4.78 is 38.0. The smallest absolute Gasteiger partial charge is 0.396 e. The number of halogens is 3. The molecule has 6 heteroatoms. The van der Waals surface area contributed by atoms with Crippen LogP contribution < -0.4 is 5.32 Å². The number of alkyl halides is 3. The quantitative estimate of drug-likeness (QED) is 0.752. The predicted molar refractivity (Wildman–Crippen MR) is 69.0 cm³/mol. The highest BCUT2D eigenvalue weighted by Gasteiger charge is 2.32. The van der Waals surface area contributed by atoms with Crippen molar-refractivity contribution in [3.8, 4) is 0 Å². The van der Waals surface area contributed by atoms with E-state index in [2.05, 4.69) is 5.32 Å². The molecule has 0 aliphatic carbocycles. The largest absolute Gasteiger partial charge is 0.418 e. The molecule has 0 atom stereocenters. The number of rotatable bonds is 7. The standard InChI is InChI=1S/C12H16F3NOS/c13-12(14,15)10-4-1-2-5-11(10)16-6-9-18-8-3-7-17/h1-2,4-5,16-17H,3,6-9H2. The van der Waals surface area contributed by atoms with Crippen LogP contribution in [0.3, 0.4) is 0 Å². The Bertz CT molecular complexity index is 357. The number of benzene rings is 1. The molecule has 0 saturated heterocycles. The van der Waals surface area contributed by atoms with E-state index in [1.807, 2.05) is 0 Å². The highest BCUT2D eigenvalue weighted by Crippen LogP contribution is 2.34. The van der Waals surface area contributed by atoms with E-state index in [-0.39, 0.29) is 12.3 Å². The number of hydrogen-bond acceptors (Lipinski definition) is 3. The third kappa shape index (κ3) is 5.18. The Labute approximate surface area is 109 Å². The Hall–Kier alpha value is -0.880. The second kappa shape index (κ2) is 7.53. The minimum Gasteiger partial charge on any atom is -0.396 e. The topological polar surface area (TPSA) is 32.3 Å². The Balaban J connectivity index is 2.43. The molecule has 102 valence electrons. The first-order valence-corrected chi connectivity index (χ1v) is 6.80. The minimum absolute atomic E-state index is 0.118. The third-order valence-corrected chi connectivity index (χ3v) is 3.31. The fraction of sp³-hybridized carbons (Fsp3) is 0.500. The molecule has 0 unspecified atom stereocenters. The lowest BCUT2D eigenvalue weighted by atomic mass is 10.1. The summed E-state index contributed by atoms with van der Waals surface area (Å²) in [7, 11) is 0. The van der Waals surface area contributed by atoms with E-state index in [1.165, 1.54) is 12.1 Å². The number of aliphatic hydroxyl groups is 1. The highest BCUT2D eigenvalue weighted by molar-refractivity contribution is 7.99. The molecule has 0 saturated carbocycles. The van der Waals surface area contributed by atoms with Crippen molar-refractivity contribution >= 4 is 17.4 Å². The van der Waals surface area contributed by atoms with Gasteiger partial charge in [-0.05, 0) is 24.3 Å². The van der Waals surface area contributed by atoms with E-state index in [1.54, 1.807) is 17.8 Å². The number of anilines is 1. The maximum atomic E-state index is 12.7. The number of para-hydroxylation sites is 1. The van der Waals surface area contributed by atoms with Crippen molar-refractivity contribution in [2.45, 2.75) is 12.6 Å². The molecule has 2 N–H and O–H groups in total. The van der Waals surface area contributed by atoms with Gasteiger partial charge in [-0.15, -0.1) is 0 Å². The van der Waals surface area contributed by atoms with Crippen LogP contribution in [0, 0.1) is 0 Å². The summed E-state index contributed by atoms with van der Waals surface area (Å²) in [6, 6.07) is 5.46. The van der Waals surface area contributed by atoms with Gasteiger partial charge in [0, 0.05) is 24.6 Å². The number of thioether (sulfide) groups is 1. The van der Waals surface area contributed by atoms with Gasteiger partial charge in [0.25, 0.3) is 0 Å². The summed E-state index contributed by atoms with van der Waals surface area (Å²) in [6.45, 7) is 0.626. The van der Waals surface area contributed by atoms with E-state index >= 15 is 0 Å². The molecule has 2 nitrogen and oxygen atoms in total. The van der Waals surface area contributed by atoms with Crippen molar-refractivity contribution in [1.82, 2.24) is 0 Å². The zero-order valence-corrected chi connectivity index (χ0v) is 10.7. The van der Waals surface area contributed by atoms with Crippen molar-refractivity contribution in [3.63, 3.8) is 0 Å². The lowest BCUT2D eigenvalue weighted by Crippen LogP contribution is -2.12. The molecular formula is C12H16F3NOS. The average Bonchev–Trinajstić information content (AvgIpc) is 2.33. The zero-order valence-electron chi connectivity index (χ0n) is 9.83. The lowest BCUT2D eigenvalue weighted by molar-refractivity contribution is -0.136. The Morgan fingerprint density at radius 2 is 1.89 bits per heavy atom. The zero-order chi connectivity index (χ0) is 13.4. The molecule has 18 heavy (non-hydrogen) atoms. The normalized spacial score (nSPS) is 11.6. The molecule has 0 aliphatic heterocycles. The Morgan fingerprint density at radius 1 is 1.17 bits per heavy atom. The molecule has 0 aromatic heterocycles. The Kier molecular flexibility index (Phi) is 6.35. The fourth-order valence-electron chi connectivity index (χ4n) is 1.41. The van der Waals surface area contributed by atoms with Crippen LogP contribution in [0.4, 0.5) is 18.9 Å². The van der Waals surface area contributed by atoms with Gasteiger partial charge in [-0.25, -0.2) is 0 Å². The maximum absolute atomic E-state index is 12.7. The van der Waals surface area contributed by atoms with Gasteiger partial charge in [0.05, 0.1) is 5.56 Å². The van der Waals surface area contributed by atoms with Gasteiger partial charge in [0.15, 0.2) is 0 Å². The van der Waals surface area contributed by atoms with Gasteiger partial charge in [-0.3, -0.25) is 0 Å². The second-order valence-corrected chi connectivity index (χ2v) is 4.88. The van der Waals surface area contributed by atoms with Gasteiger partial charge in [0.2, 0.25) is 0 Å². The summed E-state index contributed by atoms with van der Waals surface area (Å²) >= 11 is 1.61. The summed E-state index contributed by atoms with van der Waals surface area (Å²) in [5.74, 6) is 1.53. The first-order chi connectivity index (χ1) is 8.55. The first kappa shape index (κ1) is 15.2. The molecule has 0 amide bonds. The SMILES string of the molecule is OCCCSCCNc1ccccc1C(F)(F)F. The van der Waals surface area contributed by atoms with E-state index in [9.17, 15) is 13.2 Å². The molecule has 0 heterocycles. The van der Waals surface area contributed by atoms with Crippen LogP contribution in [0.5, 0.6) is 0 Å². The molecule has 0 aliphatic rings. The molecule has 0 radical (unpaired) electrons. The molecular weight excluding hydrogens is 263 g/mol. The van der Waals surface area contributed by atoms with Crippen LogP contribution in [0.25, 0.3) is 0 Å². The molecule has 0 fully saturated rings.